The van der Waals surface area contributed by atoms with Crippen LogP contribution >= 0.6 is 0 Å². The highest BCUT2D eigenvalue weighted by atomic mass is 16.5. The van der Waals surface area contributed by atoms with Gasteiger partial charge in [0.15, 0.2) is 0 Å². The van der Waals surface area contributed by atoms with Crippen LogP contribution in [0.5, 0.6) is 5.75 Å². The van der Waals surface area contributed by atoms with Gasteiger partial charge in [0.1, 0.15) is 12.4 Å². The Morgan fingerprint density at radius 3 is 2.88 bits per heavy atom. The molecule has 0 aliphatic rings. The van der Waals surface area contributed by atoms with Crippen LogP contribution in [0, 0.1) is 0 Å². The molecule has 0 bridgehead atoms. The van der Waals surface area contributed by atoms with Crippen molar-refractivity contribution in [2.24, 2.45) is 0 Å². The first-order valence-corrected chi connectivity index (χ1v) is 5.38. The van der Waals surface area contributed by atoms with Crippen molar-refractivity contribution < 1.29 is 4.74 Å². The molecule has 0 atom stereocenters. The first kappa shape index (κ1) is 10.9. The monoisotopic (exact) mass is 216 g/mol. The van der Waals surface area contributed by atoms with Gasteiger partial charge in [-0.1, -0.05) is 18.2 Å². The summed E-state index contributed by atoms with van der Waals surface area (Å²) < 4.78 is 5.62. The summed E-state index contributed by atoms with van der Waals surface area (Å²) in [6, 6.07) is 10.1. The Hall–Kier alpha value is -1.61. The fourth-order valence-corrected chi connectivity index (χ4v) is 1.48. The third-order valence-corrected chi connectivity index (χ3v) is 2.37. The van der Waals surface area contributed by atoms with Gasteiger partial charge in [-0.2, -0.15) is 0 Å². The van der Waals surface area contributed by atoms with E-state index >= 15 is 0 Å². The average Bonchev–Trinajstić information content (AvgIpc) is 2.28. The molecule has 0 unspecified atom stereocenters. The van der Waals surface area contributed by atoms with Crippen LogP contribution in [0.15, 0.2) is 36.5 Å². The van der Waals surface area contributed by atoms with E-state index in [1.54, 1.807) is 6.20 Å². The van der Waals surface area contributed by atoms with Crippen molar-refractivity contribution in [1.82, 2.24) is 9.88 Å². The molecule has 0 N–H and O–H groups in total. The van der Waals surface area contributed by atoms with Gasteiger partial charge in [-0.3, -0.25) is 4.98 Å². The van der Waals surface area contributed by atoms with Gasteiger partial charge in [-0.15, -0.1) is 0 Å². The molecule has 2 aromatic rings. The van der Waals surface area contributed by atoms with Crippen LogP contribution in [-0.4, -0.2) is 37.1 Å². The smallest absolute Gasteiger partial charge is 0.138 e. The lowest BCUT2D eigenvalue weighted by molar-refractivity contribution is 0.261. The van der Waals surface area contributed by atoms with Gasteiger partial charge >= 0.3 is 0 Å². The van der Waals surface area contributed by atoms with Gasteiger partial charge in [0, 0.05) is 11.9 Å². The van der Waals surface area contributed by atoms with Gasteiger partial charge in [0.25, 0.3) is 0 Å². The number of para-hydroxylation sites is 1. The molecule has 0 spiro atoms. The van der Waals surface area contributed by atoms with E-state index in [1.165, 1.54) is 0 Å². The summed E-state index contributed by atoms with van der Waals surface area (Å²) in [5.74, 6) is 0.834. The van der Waals surface area contributed by atoms with E-state index in [9.17, 15) is 0 Å². The van der Waals surface area contributed by atoms with Crippen molar-refractivity contribution in [3.05, 3.63) is 36.5 Å². The largest absolute Gasteiger partial charge is 0.491 e. The summed E-state index contributed by atoms with van der Waals surface area (Å²) in [7, 11) is 4.06. The Morgan fingerprint density at radius 1 is 1.25 bits per heavy atom. The average molecular weight is 216 g/mol. The minimum atomic E-state index is 0.688. The summed E-state index contributed by atoms with van der Waals surface area (Å²) in [6.45, 7) is 1.60. The van der Waals surface area contributed by atoms with Crippen molar-refractivity contribution in [3.63, 3.8) is 0 Å². The number of pyridine rings is 1. The standard InChI is InChI=1S/C13H16N2O/c1-15(2)7-8-16-12-9-11-5-3-4-6-13(11)14-10-12/h3-6,9-10H,7-8H2,1-2H3. The zero-order valence-electron chi connectivity index (χ0n) is 9.68. The second kappa shape index (κ2) is 4.94. The van der Waals surface area contributed by atoms with E-state index in [-0.39, 0.29) is 0 Å². The van der Waals surface area contributed by atoms with E-state index in [1.807, 2.05) is 44.4 Å². The van der Waals surface area contributed by atoms with Gasteiger partial charge < -0.3 is 9.64 Å². The Balaban J connectivity index is 2.08. The van der Waals surface area contributed by atoms with E-state index in [0.29, 0.717) is 6.61 Å². The molecule has 3 heteroatoms. The zero-order chi connectivity index (χ0) is 11.4. The molecule has 0 aliphatic carbocycles. The van der Waals surface area contributed by atoms with Gasteiger partial charge in [-0.05, 0) is 26.2 Å². The van der Waals surface area contributed by atoms with Crippen molar-refractivity contribution in [2.45, 2.75) is 0 Å². The third-order valence-electron chi connectivity index (χ3n) is 2.37. The Bertz CT molecular complexity index is 468. The summed E-state index contributed by atoms with van der Waals surface area (Å²) in [5, 5.41) is 1.12. The molecule has 0 saturated heterocycles. The topological polar surface area (TPSA) is 25.4 Å². The lowest BCUT2D eigenvalue weighted by Crippen LogP contribution is -2.19. The highest BCUT2D eigenvalue weighted by Crippen LogP contribution is 2.17. The molecule has 16 heavy (non-hydrogen) atoms. The predicted molar refractivity (Wildman–Crippen MR) is 65.8 cm³/mol. The van der Waals surface area contributed by atoms with Crippen LogP contribution in [0.3, 0.4) is 0 Å². The molecule has 84 valence electrons. The first-order chi connectivity index (χ1) is 7.75. The number of benzene rings is 1. The molecule has 3 nitrogen and oxygen atoms in total. The summed E-state index contributed by atoms with van der Waals surface area (Å²) in [5.41, 5.74) is 1.00. The molecule has 0 aliphatic heterocycles. The normalized spacial score (nSPS) is 10.9. The van der Waals surface area contributed by atoms with Gasteiger partial charge in [0.05, 0.1) is 11.7 Å². The van der Waals surface area contributed by atoms with Gasteiger partial charge in [0.2, 0.25) is 0 Å². The van der Waals surface area contributed by atoms with Crippen molar-refractivity contribution in [1.29, 1.82) is 0 Å². The lowest BCUT2D eigenvalue weighted by atomic mass is 10.2. The number of nitrogens with zero attached hydrogens (tertiary/aromatic N) is 2. The molecule has 1 aromatic heterocycles. The Labute approximate surface area is 95.7 Å². The van der Waals surface area contributed by atoms with Crippen LogP contribution in [0.25, 0.3) is 10.9 Å². The summed E-state index contributed by atoms with van der Waals surface area (Å²) >= 11 is 0. The molecular weight excluding hydrogens is 200 g/mol. The predicted octanol–water partition coefficient (Wildman–Crippen LogP) is 2.18. The summed E-state index contributed by atoms with van der Waals surface area (Å²) in [6.07, 6.45) is 1.78. The van der Waals surface area contributed by atoms with Crippen LogP contribution in [-0.2, 0) is 0 Å². The van der Waals surface area contributed by atoms with Crippen LogP contribution < -0.4 is 4.74 Å². The number of likely N-dealkylation sites (N-methyl/N-ethyl adjacent to an activating group) is 1. The Morgan fingerprint density at radius 2 is 2.06 bits per heavy atom. The minimum absolute atomic E-state index is 0.688. The third kappa shape index (κ3) is 2.70. The minimum Gasteiger partial charge on any atom is -0.491 e. The second-order valence-corrected chi connectivity index (χ2v) is 4.02. The van der Waals surface area contributed by atoms with E-state index in [0.717, 1.165) is 23.2 Å². The van der Waals surface area contributed by atoms with Crippen molar-refractivity contribution in [3.8, 4) is 5.75 Å². The molecule has 0 saturated carbocycles. The number of hydrogen-bond acceptors (Lipinski definition) is 3. The van der Waals surface area contributed by atoms with E-state index in [4.69, 9.17) is 4.74 Å². The number of hydrogen-bond donors (Lipinski definition) is 0. The fourth-order valence-electron chi connectivity index (χ4n) is 1.48. The van der Waals surface area contributed by atoms with Crippen LogP contribution in [0.2, 0.25) is 0 Å². The van der Waals surface area contributed by atoms with E-state index in [2.05, 4.69) is 9.88 Å². The van der Waals surface area contributed by atoms with Gasteiger partial charge in [-0.25, -0.2) is 0 Å². The molecule has 0 radical (unpaired) electrons. The highest BCUT2D eigenvalue weighted by Gasteiger charge is 1.98. The number of fused-ring (bicyclic) bond motifs is 1. The Kier molecular flexibility index (Phi) is 3.37. The molecule has 2 rings (SSSR count). The fraction of sp³-hybridized carbons (Fsp3) is 0.308. The van der Waals surface area contributed by atoms with Crippen LogP contribution in [0.1, 0.15) is 0 Å². The van der Waals surface area contributed by atoms with E-state index < -0.39 is 0 Å². The second-order valence-electron chi connectivity index (χ2n) is 4.02. The first-order valence-electron chi connectivity index (χ1n) is 5.38. The zero-order valence-corrected chi connectivity index (χ0v) is 9.68. The molecular formula is C13H16N2O. The maximum Gasteiger partial charge on any atom is 0.138 e. The lowest BCUT2D eigenvalue weighted by Gasteiger charge is -2.10. The molecule has 1 heterocycles. The number of aromatic nitrogens is 1. The SMILES string of the molecule is CN(C)CCOc1cnc2ccccc2c1. The quantitative estimate of drug-likeness (QED) is 0.783. The maximum absolute atomic E-state index is 5.62. The van der Waals surface area contributed by atoms with Crippen molar-refractivity contribution >= 4 is 10.9 Å². The number of rotatable bonds is 4. The number of ether oxygens (including phenoxy) is 1. The van der Waals surface area contributed by atoms with Crippen LogP contribution in [0.4, 0.5) is 0 Å². The molecule has 0 fully saturated rings. The highest BCUT2D eigenvalue weighted by molar-refractivity contribution is 5.79. The molecule has 1 aromatic carbocycles. The van der Waals surface area contributed by atoms with Crippen molar-refractivity contribution in [2.75, 3.05) is 27.2 Å². The molecule has 0 amide bonds. The maximum atomic E-state index is 5.62. The summed E-state index contributed by atoms with van der Waals surface area (Å²) in [4.78, 5) is 6.43.